The Morgan fingerprint density at radius 1 is 0.760 bits per heavy atom. The van der Waals surface area contributed by atoms with E-state index in [0.29, 0.717) is 13.0 Å². The minimum Gasteiger partial charge on any atom is -0.478 e. The number of hydrogen-bond acceptors (Lipinski definition) is 4. The Hall–Kier alpha value is -1.43. The fraction of sp³-hybridized carbons (Fsp3) is 0.650. The van der Waals surface area contributed by atoms with E-state index in [1.165, 1.54) is 37.8 Å². The van der Waals surface area contributed by atoms with Gasteiger partial charge in [-0.2, -0.15) is 0 Å². The molecule has 25 heavy (non-hydrogen) atoms. The van der Waals surface area contributed by atoms with Gasteiger partial charge >= 0.3 is 5.97 Å². The highest BCUT2D eigenvalue weighted by Crippen LogP contribution is 2.12. The Kier molecular flexibility index (Phi) is 16.4. The summed E-state index contributed by atoms with van der Waals surface area (Å²) in [5.41, 5.74) is 0. The van der Waals surface area contributed by atoms with Crippen molar-refractivity contribution >= 4 is 5.97 Å². The summed E-state index contributed by atoms with van der Waals surface area (Å²) in [4.78, 5) is 10.2. The van der Waals surface area contributed by atoms with Gasteiger partial charge in [0.1, 0.15) is 0 Å². The van der Waals surface area contributed by atoms with Crippen LogP contribution in [0.3, 0.4) is 0 Å². The van der Waals surface area contributed by atoms with E-state index in [-0.39, 0.29) is 0 Å². The highest BCUT2D eigenvalue weighted by Gasteiger charge is 2.11. The van der Waals surface area contributed by atoms with Gasteiger partial charge in [-0.1, -0.05) is 81.7 Å². The van der Waals surface area contributed by atoms with Crippen molar-refractivity contribution in [2.24, 2.45) is 0 Å². The van der Waals surface area contributed by atoms with E-state index in [2.05, 4.69) is 0 Å². The number of carboxylic acids is 1. The van der Waals surface area contributed by atoms with Gasteiger partial charge in [0.05, 0.1) is 12.2 Å². The third-order valence-electron chi connectivity index (χ3n) is 3.93. The number of allylic oxidation sites excluding steroid dienone is 4. The average molecular weight is 354 g/mol. The first-order valence-corrected chi connectivity index (χ1v) is 9.29. The first-order chi connectivity index (χ1) is 12.1. The summed E-state index contributed by atoms with van der Waals surface area (Å²) in [6.45, 7) is 0.293. The molecule has 0 fully saturated rings. The van der Waals surface area contributed by atoms with Crippen molar-refractivity contribution in [3.8, 4) is 0 Å². The SMILES string of the molecule is O=C(O)C=CC=CC=CC(O)C(O)CCCCCCCCCCCO. The van der Waals surface area contributed by atoms with Crippen molar-refractivity contribution in [1.82, 2.24) is 0 Å². The van der Waals surface area contributed by atoms with Gasteiger partial charge < -0.3 is 20.4 Å². The molecule has 5 heteroatoms. The second kappa shape index (κ2) is 17.4. The van der Waals surface area contributed by atoms with Crippen LogP contribution in [0.5, 0.6) is 0 Å². The van der Waals surface area contributed by atoms with Gasteiger partial charge in [0.25, 0.3) is 0 Å². The number of rotatable bonds is 16. The minimum absolute atomic E-state index is 0.293. The maximum atomic E-state index is 10.2. The van der Waals surface area contributed by atoms with E-state index in [4.69, 9.17) is 10.2 Å². The van der Waals surface area contributed by atoms with Crippen LogP contribution in [0.4, 0.5) is 0 Å². The van der Waals surface area contributed by atoms with Crippen LogP contribution >= 0.6 is 0 Å². The summed E-state index contributed by atoms with van der Waals surface area (Å²) in [7, 11) is 0. The number of carbonyl (C=O) groups is 1. The van der Waals surface area contributed by atoms with Crippen LogP contribution in [0.25, 0.3) is 0 Å². The van der Waals surface area contributed by atoms with Crippen LogP contribution in [0.15, 0.2) is 36.5 Å². The molecule has 0 saturated carbocycles. The number of aliphatic hydroxyl groups is 3. The first-order valence-electron chi connectivity index (χ1n) is 9.29. The highest BCUT2D eigenvalue weighted by atomic mass is 16.4. The molecule has 4 N–H and O–H groups in total. The molecule has 0 aliphatic heterocycles. The lowest BCUT2D eigenvalue weighted by atomic mass is 10.0. The van der Waals surface area contributed by atoms with Gasteiger partial charge in [-0.3, -0.25) is 0 Å². The quantitative estimate of drug-likeness (QED) is 0.194. The van der Waals surface area contributed by atoms with Gasteiger partial charge in [-0.15, -0.1) is 0 Å². The van der Waals surface area contributed by atoms with Crippen molar-refractivity contribution in [2.45, 2.75) is 76.4 Å². The molecule has 0 amide bonds. The molecule has 0 aromatic carbocycles. The summed E-state index contributed by atoms with van der Waals surface area (Å²) < 4.78 is 0. The Balaban J connectivity index is 3.61. The van der Waals surface area contributed by atoms with E-state index in [0.717, 1.165) is 38.2 Å². The lowest BCUT2D eigenvalue weighted by Crippen LogP contribution is -2.23. The van der Waals surface area contributed by atoms with Gasteiger partial charge in [0.2, 0.25) is 0 Å². The standard InChI is InChI=1S/C20H34O5/c21-17-13-9-5-3-1-2-4-6-10-14-18(22)19(23)15-11-7-8-12-16-20(24)25/h7-8,11-12,15-16,18-19,21-23H,1-6,9-10,13-14,17H2,(H,24,25). The predicted octanol–water partition coefficient (Wildman–Crippen LogP) is 3.35. The van der Waals surface area contributed by atoms with Crippen LogP contribution in [0.1, 0.15) is 64.2 Å². The fourth-order valence-electron chi connectivity index (χ4n) is 2.45. The van der Waals surface area contributed by atoms with Crippen LogP contribution in [-0.4, -0.2) is 45.2 Å². The zero-order chi connectivity index (χ0) is 18.8. The van der Waals surface area contributed by atoms with Crippen molar-refractivity contribution < 1.29 is 25.2 Å². The molecule has 2 atom stereocenters. The molecule has 0 rings (SSSR count). The Bertz CT molecular complexity index is 401. The summed E-state index contributed by atoms with van der Waals surface area (Å²) >= 11 is 0. The summed E-state index contributed by atoms with van der Waals surface area (Å²) in [6.07, 6.45) is 17.5. The molecule has 0 aromatic heterocycles. The molecular formula is C20H34O5. The maximum absolute atomic E-state index is 10.2. The third kappa shape index (κ3) is 17.2. The van der Waals surface area contributed by atoms with Crippen molar-refractivity contribution in [1.29, 1.82) is 0 Å². The summed E-state index contributed by atoms with van der Waals surface area (Å²) in [5, 5.41) is 36.8. The lowest BCUT2D eigenvalue weighted by Gasteiger charge is -2.14. The first kappa shape index (κ1) is 23.6. The molecule has 144 valence electrons. The van der Waals surface area contributed by atoms with E-state index in [1.807, 2.05) is 0 Å². The van der Waals surface area contributed by atoms with E-state index in [9.17, 15) is 15.0 Å². The zero-order valence-electron chi connectivity index (χ0n) is 15.1. The van der Waals surface area contributed by atoms with Gasteiger partial charge in [-0.05, 0) is 12.8 Å². The molecular weight excluding hydrogens is 320 g/mol. The molecule has 0 spiro atoms. The normalized spacial score (nSPS) is 14.7. The van der Waals surface area contributed by atoms with Crippen LogP contribution in [0, 0.1) is 0 Å². The van der Waals surface area contributed by atoms with Crippen molar-refractivity contribution in [2.75, 3.05) is 6.61 Å². The van der Waals surface area contributed by atoms with Gasteiger partial charge in [0.15, 0.2) is 0 Å². The van der Waals surface area contributed by atoms with Crippen molar-refractivity contribution in [3.63, 3.8) is 0 Å². The van der Waals surface area contributed by atoms with E-state index >= 15 is 0 Å². The molecule has 0 bridgehead atoms. The number of hydrogen-bond donors (Lipinski definition) is 4. The number of aliphatic hydroxyl groups excluding tert-OH is 3. The summed E-state index contributed by atoms with van der Waals surface area (Å²) in [6, 6.07) is 0. The Morgan fingerprint density at radius 3 is 1.84 bits per heavy atom. The van der Waals surface area contributed by atoms with Crippen LogP contribution < -0.4 is 0 Å². The molecule has 0 aromatic rings. The highest BCUT2D eigenvalue weighted by molar-refractivity contribution is 5.80. The number of aliphatic carboxylic acids is 1. The molecule has 5 nitrogen and oxygen atoms in total. The molecule has 0 aliphatic rings. The molecule has 2 unspecified atom stereocenters. The zero-order valence-corrected chi connectivity index (χ0v) is 15.1. The maximum Gasteiger partial charge on any atom is 0.328 e. The smallest absolute Gasteiger partial charge is 0.328 e. The second-order valence-corrected chi connectivity index (χ2v) is 6.22. The molecule has 0 aliphatic carbocycles. The van der Waals surface area contributed by atoms with Crippen LogP contribution in [0.2, 0.25) is 0 Å². The van der Waals surface area contributed by atoms with Gasteiger partial charge in [-0.25, -0.2) is 4.79 Å². The minimum atomic E-state index is -1.01. The summed E-state index contributed by atoms with van der Waals surface area (Å²) in [5.74, 6) is -1.01. The van der Waals surface area contributed by atoms with Gasteiger partial charge in [0, 0.05) is 12.7 Å². The largest absolute Gasteiger partial charge is 0.478 e. The fourth-order valence-corrected chi connectivity index (χ4v) is 2.45. The van der Waals surface area contributed by atoms with E-state index in [1.54, 1.807) is 18.2 Å². The molecule has 0 radical (unpaired) electrons. The van der Waals surface area contributed by atoms with E-state index < -0.39 is 18.2 Å². The molecule has 0 saturated heterocycles. The van der Waals surface area contributed by atoms with Crippen LogP contribution in [-0.2, 0) is 4.79 Å². The monoisotopic (exact) mass is 354 g/mol. The lowest BCUT2D eigenvalue weighted by molar-refractivity contribution is -0.131. The second-order valence-electron chi connectivity index (χ2n) is 6.22. The third-order valence-corrected chi connectivity index (χ3v) is 3.93. The Morgan fingerprint density at radius 2 is 1.28 bits per heavy atom. The number of carboxylic acid groups (broad SMARTS) is 1. The van der Waals surface area contributed by atoms with Crippen molar-refractivity contribution in [3.05, 3.63) is 36.5 Å². The number of unbranched alkanes of at least 4 members (excludes halogenated alkanes) is 8. The Labute approximate surface area is 151 Å². The topological polar surface area (TPSA) is 98.0 Å². The molecule has 0 heterocycles. The predicted molar refractivity (Wildman–Crippen MR) is 100 cm³/mol. The average Bonchev–Trinajstić information content (AvgIpc) is 2.58.